The molecular formula is C15H26ClN5O2. The van der Waals surface area contributed by atoms with Crippen LogP contribution < -0.4 is 5.32 Å². The third-order valence-electron chi connectivity index (χ3n) is 4.82. The molecule has 130 valence electrons. The Morgan fingerprint density at radius 3 is 3.09 bits per heavy atom. The number of nitrogens with zero attached hydrogens (tertiary/aromatic N) is 4. The van der Waals surface area contributed by atoms with E-state index < -0.39 is 5.97 Å². The van der Waals surface area contributed by atoms with Crippen molar-refractivity contribution in [2.45, 2.75) is 32.2 Å². The second-order valence-electron chi connectivity index (χ2n) is 6.84. The molecule has 1 N–H and O–H groups in total. The SMILES string of the molecule is COC(=O)c1cn(C2CCCN(CC3(C)CCNC3)C2)nn1.Cl. The summed E-state index contributed by atoms with van der Waals surface area (Å²) in [5, 5.41) is 11.5. The molecule has 7 nitrogen and oxygen atoms in total. The first kappa shape index (κ1) is 18.2. The Hall–Kier alpha value is -1.18. The lowest BCUT2D eigenvalue weighted by Gasteiger charge is -2.37. The van der Waals surface area contributed by atoms with Crippen LogP contribution in [0.4, 0.5) is 0 Å². The van der Waals surface area contributed by atoms with Gasteiger partial charge in [-0.15, -0.1) is 17.5 Å². The van der Waals surface area contributed by atoms with E-state index in [1.807, 2.05) is 4.68 Å². The highest BCUT2D eigenvalue weighted by Crippen LogP contribution is 2.29. The van der Waals surface area contributed by atoms with Gasteiger partial charge in [-0.25, -0.2) is 9.48 Å². The molecule has 3 rings (SSSR count). The molecule has 3 heterocycles. The summed E-state index contributed by atoms with van der Waals surface area (Å²) in [6, 6.07) is 0.289. The maximum atomic E-state index is 11.5. The Morgan fingerprint density at radius 1 is 1.57 bits per heavy atom. The number of nitrogens with one attached hydrogen (secondary N) is 1. The minimum atomic E-state index is -0.427. The van der Waals surface area contributed by atoms with E-state index in [1.54, 1.807) is 6.20 Å². The van der Waals surface area contributed by atoms with Crippen molar-refractivity contribution in [2.24, 2.45) is 5.41 Å². The van der Waals surface area contributed by atoms with Gasteiger partial charge in [-0.3, -0.25) is 0 Å². The first-order valence-corrected chi connectivity index (χ1v) is 8.03. The van der Waals surface area contributed by atoms with Crippen LogP contribution >= 0.6 is 12.4 Å². The minimum Gasteiger partial charge on any atom is -0.464 e. The minimum absolute atomic E-state index is 0. The van der Waals surface area contributed by atoms with Gasteiger partial charge in [-0.1, -0.05) is 12.1 Å². The molecular weight excluding hydrogens is 318 g/mol. The molecule has 0 radical (unpaired) electrons. The highest BCUT2D eigenvalue weighted by atomic mass is 35.5. The number of piperidine rings is 1. The molecule has 23 heavy (non-hydrogen) atoms. The zero-order valence-electron chi connectivity index (χ0n) is 13.8. The van der Waals surface area contributed by atoms with Gasteiger partial charge in [0, 0.05) is 19.6 Å². The van der Waals surface area contributed by atoms with Crippen molar-refractivity contribution in [3.8, 4) is 0 Å². The molecule has 0 saturated carbocycles. The van der Waals surface area contributed by atoms with E-state index in [-0.39, 0.29) is 24.1 Å². The summed E-state index contributed by atoms with van der Waals surface area (Å²) < 4.78 is 6.51. The second kappa shape index (κ2) is 7.59. The Kier molecular flexibility index (Phi) is 6.00. The monoisotopic (exact) mass is 343 g/mol. The van der Waals surface area contributed by atoms with Crippen molar-refractivity contribution >= 4 is 18.4 Å². The van der Waals surface area contributed by atoms with Gasteiger partial charge in [-0.2, -0.15) is 0 Å². The van der Waals surface area contributed by atoms with Crippen LogP contribution in [0.1, 0.15) is 42.7 Å². The van der Waals surface area contributed by atoms with E-state index in [4.69, 9.17) is 0 Å². The molecule has 8 heteroatoms. The summed E-state index contributed by atoms with van der Waals surface area (Å²) in [6.45, 7) is 7.82. The van der Waals surface area contributed by atoms with Gasteiger partial charge in [0.15, 0.2) is 5.69 Å². The number of carbonyl (C=O) groups is 1. The van der Waals surface area contributed by atoms with E-state index in [0.29, 0.717) is 5.41 Å². The summed E-state index contributed by atoms with van der Waals surface area (Å²) in [6.07, 6.45) is 5.18. The molecule has 2 fully saturated rings. The summed E-state index contributed by atoms with van der Waals surface area (Å²) in [7, 11) is 1.36. The van der Waals surface area contributed by atoms with Crippen LogP contribution in [-0.2, 0) is 4.74 Å². The molecule has 1 aromatic heterocycles. The van der Waals surface area contributed by atoms with Crippen molar-refractivity contribution in [3.63, 3.8) is 0 Å². The largest absolute Gasteiger partial charge is 0.464 e. The van der Waals surface area contributed by atoms with E-state index in [2.05, 4.69) is 32.2 Å². The molecule has 2 atom stereocenters. The fraction of sp³-hybridized carbons (Fsp3) is 0.800. The fourth-order valence-electron chi connectivity index (χ4n) is 3.59. The number of methoxy groups -OCH3 is 1. The van der Waals surface area contributed by atoms with Crippen molar-refractivity contribution in [2.75, 3.05) is 39.8 Å². The Morgan fingerprint density at radius 2 is 2.39 bits per heavy atom. The van der Waals surface area contributed by atoms with Gasteiger partial charge < -0.3 is 15.0 Å². The van der Waals surface area contributed by atoms with Crippen LogP contribution in [0.2, 0.25) is 0 Å². The van der Waals surface area contributed by atoms with Gasteiger partial charge in [0.05, 0.1) is 19.3 Å². The van der Waals surface area contributed by atoms with Gasteiger partial charge >= 0.3 is 5.97 Å². The molecule has 2 aliphatic heterocycles. The van der Waals surface area contributed by atoms with Gasteiger partial charge in [-0.05, 0) is 37.8 Å². The number of aromatic nitrogens is 3. The third-order valence-corrected chi connectivity index (χ3v) is 4.82. The van der Waals surface area contributed by atoms with Crippen LogP contribution in [0.25, 0.3) is 0 Å². The van der Waals surface area contributed by atoms with Crippen molar-refractivity contribution in [1.82, 2.24) is 25.2 Å². The van der Waals surface area contributed by atoms with E-state index in [1.165, 1.54) is 13.5 Å². The number of likely N-dealkylation sites (tertiary alicyclic amines) is 1. The van der Waals surface area contributed by atoms with Gasteiger partial charge in [0.1, 0.15) is 0 Å². The summed E-state index contributed by atoms with van der Waals surface area (Å²) in [4.78, 5) is 14.0. The van der Waals surface area contributed by atoms with Crippen LogP contribution in [0.15, 0.2) is 6.20 Å². The number of halogens is 1. The molecule has 1 aromatic rings. The topological polar surface area (TPSA) is 72.3 Å². The Balaban J connectivity index is 0.00000192. The molecule has 0 aliphatic carbocycles. The first-order valence-electron chi connectivity index (χ1n) is 8.03. The lowest BCUT2D eigenvalue weighted by atomic mass is 9.88. The molecule has 0 aromatic carbocycles. The second-order valence-corrected chi connectivity index (χ2v) is 6.84. The van der Waals surface area contributed by atoms with Crippen LogP contribution in [-0.4, -0.2) is 65.7 Å². The van der Waals surface area contributed by atoms with Crippen LogP contribution in [0.3, 0.4) is 0 Å². The molecule has 0 bridgehead atoms. The fourth-order valence-corrected chi connectivity index (χ4v) is 3.59. The zero-order valence-corrected chi connectivity index (χ0v) is 14.6. The molecule has 0 spiro atoms. The van der Waals surface area contributed by atoms with E-state index in [9.17, 15) is 4.79 Å². The summed E-state index contributed by atoms with van der Waals surface area (Å²) in [5.41, 5.74) is 0.660. The average Bonchev–Trinajstić information content (AvgIpc) is 3.16. The normalized spacial score (nSPS) is 28.3. The lowest BCUT2D eigenvalue weighted by Crippen LogP contribution is -2.43. The number of ether oxygens (including phenoxy) is 1. The van der Waals surface area contributed by atoms with Crippen LogP contribution in [0, 0.1) is 5.41 Å². The Bertz CT molecular complexity index is 530. The average molecular weight is 344 g/mol. The third kappa shape index (κ3) is 4.22. The molecule has 0 amide bonds. The zero-order chi connectivity index (χ0) is 15.6. The highest BCUT2D eigenvalue weighted by Gasteiger charge is 2.33. The standard InChI is InChI=1S/C15H25N5O2.ClH/c1-15(5-6-16-10-15)11-19-7-3-4-12(8-19)20-9-13(17-18-20)14(21)22-2;/h9,12,16H,3-8,10-11H2,1-2H3;1H. The number of carbonyl (C=O) groups excluding carboxylic acids is 1. The maximum Gasteiger partial charge on any atom is 0.360 e. The number of hydrogen-bond donors (Lipinski definition) is 1. The predicted molar refractivity (Wildman–Crippen MR) is 88.9 cm³/mol. The van der Waals surface area contributed by atoms with Gasteiger partial charge in [0.25, 0.3) is 0 Å². The number of hydrogen-bond acceptors (Lipinski definition) is 6. The van der Waals surface area contributed by atoms with Crippen LogP contribution in [0.5, 0.6) is 0 Å². The number of rotatable bonds is 4. The quantitative estimate of drug-likeness (QED) is 0.826. The highest BCUT2D eigenvalue weighted by molar-refractivity contribution is 5.86. The predicted octanol–water partition coefficient (Wildman–Crippen LogP) is 1.12. The molecule has 2 aliphatic rings. The molecule has 2 saturated heterocycles. The summed E-state index contributed by atoms with van der Waals surface area (Å²) in [5.74, 6) is -0.427. The first-order chi connectivity index (χ1) is 10.6. The number of esters is 1. The Labute approximate surface area is 143 Å². The van der Waals surface area contributed by atoms with Crippen molar-refractivity contribution < 1.29 is 9.53 Å². The lowest BCUT2D eigenvalue weighted by molar-refractivity contribution is 0.0594. The van der Waals surface area contributed by atoms with E-state index in [0.717, 1.165) is 45.6 Å². The van der Waals surface area contributed by atoms with E-state index >= 15 is 0 Å². The van der Waals surface area contributed by atoms with Gasteiger partial charge in [0.2, 0.25) is 0 Å². The maximum absolute atomic E-state index is 11.5. The smallest absolute Gasteiger partial charge is 0.360 e. The van der Waals surface area contributed by atoms with Crippen molar-refractivity contribution in [1.29, 1.82) is 0 Å². The van der Waals surface area contributed by atoms with Crippen molar-refractivity contribution in [3.05, 3.63) is 11.9 Å². The summed E-state index contributed by atoms with van der Waals surface area (Å²) >= 11 is 0. The molecule has 2 unspecified atom stereocenters.